The van der Waals surface area contributed by atoms with E-state index in [0.717, 1.165) is 0 Å². The van der Waals surface area contributed by atoms with E-state index >= 15 is 0 Å². The molecule has 0 atom stereocenters. The third kappa shape index (κ3) is 1.13. The molecule has 16 heavy (non-hydrogen) atoms. The number of rotatable bonds is 1. The Morgan fingerprint density at radius 2 is 2.00 bits per heavy atom. The van der Waals surface area contributed by atoms with Crippen LogP contribution in [-0.2, 0) is 14.1 Å². The summed E-state index contributed by atoms with van der Waals surface area (Å²) in [6, 6.07) is 3.19. The third-order valence-electron chi connectivity index (χ3n) is 2.69. The second-order valence-corrected chi connectivity index (χ2v) is 3.64. The van der Waals surface area contributed by atoms with Gasteiger partial charge in [-0.25, -0.2) is 4.79 Å². The van der Waals surface area contributed by atoms with Crippen molar-refractivity contribution >= 4 is 16.9 Å². The minimum atomic E-state index is -0.231. The van der Waals surface area contributed by atoms with E-state index in [-0.39, 0.29) is 22.8 Å². The molecule has 0 saturated heterocycles. The summed E-state index contributed by atoms with van der Waals surface area (Å²) in [5.41, 5.74) is 6.32. The Bertz CT molecular complexity index is 651. The van der Waals surface area contributed by atoms with Gasteiger partial charge in [0.25, 0.3) is 0 Å². The molecule has 2 rings (SSSR count). The minimum Gasteiger partial charge on any atom is -0.505 e. The van der Waals surface area contributed by atoms with Crippen LogP contribution >= 0.6 is 0 Å². The fraction of sp³-hybridized carbons (Fsp3) is 0.200. The largest absolute Gasteiger partial charge is 0.505 e. The molecule has 1 aromatic carbocycles. The number of hydrogen-bond acceptors (Lipinski definition) is 3. The number of hydrogen-bond donors (Lipinski definition) is 3. The lowest BCUT2D eigenvalue weighted by molar-refractivity contribution is 0.477. The van der Waals surface area contributed by atoms with Gasteiger partial charge in [-0.05, 0) is 12.1 Å². The zero-order chi connectivity index (χ0) is 12.0. The highest BCUT2D eigenvalue weighted by Gasteiger charge is 2.15. The summed E-state index contributed by atoms with van der Waals surface area (Å²) in [7, 11) is 3.19. The standard InChI is InChI=1S/C10H12N4O2/c1-13-6-4-3-5(9(11)12)8(15)7(6)14(2)10(13)16/h3-4,15H,1-2H3,(H3,11,12). The molecule has 0 spiro atoms. The van der Waals surface area contributed by atoms with Crippen molar-refractivity contribution in [1.82, 2.24) is 9.13 Å². The molecular formula is C10H12N4O2. The number of aromatic nitrogens is 2. The molecule has 0 aliphatic carbocycles. The van der Waals surface area contributed by atoms with Crippen LogP contribution in [0.3, 0.4) is 0 Å². The number of nitrogen functional groups attached to an aromatic ring is 1. The van der Waals surface area contributed by atoms with Crippen molar-refractivity contribution in [2.24, 2.45) is 19.8 Å². The zero-order valence-electron chi connectivity index (χ0n) is 8.98. The van der Waals surface area contributed by atoms with Crippen LogP contribution < -0.4 is 11.4 Å². The van der Waals surface area contributed by atoms with E-state index in [2.05, 4.69) is 0 Å². The van der Waals surface area contributed by atoms with Gasteiger partial charge in [0.2, 0.25) is 0 Å². The van der Waals surface area contributed by atoms with Crippen LogP contribution in [0.25, 0.3) is 11.0 Å². The molecule has 84 valence electrons. The van der Waals surface area contributed by atoms with Crippen molar-refractivity contribution in [2.75, 3.05) is 0 Å². The Kier molecular flexibility index (Phi) is 2.01. The van der Waals surface area contributed by atoms with E-state index in [1.807, 2.05) is 0 Å². The third-order valence-corrected chi connectivity index (χ3v) is 2.69. The molecule has 6 heteroatoms. The van der Waals surface area contributed by atoms with Crippen LogP contribution in [0, 0.1) is 5.41 Å². The van der Waals surface area contributed by atoms with Gasteiger partial charge in [-0.3, -0.25) is 14.5 Å². The summed E-state index contributed by atoms with van der Waals surface area (Å²) in [4.78, 5) is 11.7. The van der Waals surface area contributed by atoms with E-state index in [4.69, 9.17) is 11.1 Å². The van der Waals surface area contributed by atoms with E-state index in [1.54, 1.807) is 20.2 Å². The van der Waals surface area contributed by atoms with E-state index in [1.165, 1.54) is 15.2 Å². The molecular weight excluding hydrogens is 208 g/mol. The van der Waals surface area contributed by atoms with Gasteiger partial charge in [-0.2, -0.15) is 0 Å². The predicted molar refractivity (Wildman–Crippen MR) is 60.8 cm³/mol. The fourth-order valence-electron chi connectivity index (χ4n) is 1.81. The number of benzene rings is 1. The Labute approximate surface area is 91.0 Å². The molecule has 0 saturated carbocycles. The lowest BCUT2D eigenvalue weighted by Crippen LogP contribution is -2.19. The second kappa shape index (κ2) is 3.13. The molecule has 0 amide bonds. The molecule has 0 fully saturated rings. The van der Waals surface area contributed by atoms with Crippen molar-refractivity contribution in [3.05, 3.63) is 28.2 Å². The zero-order valence-corrected chi connectivity index (χ0v) is 8.98. The minimum absolute atomic E-state index is 0.134. The summed E-state index contributed by atoms with van der Waals surface area (Å²) in [6.07, 6.45) is 0. The Morgan fingerprint density at radius 1 is 1.38 bits per heavy atom. The first-order valence-electron chi connectivity index (χ1n) is 4.67. The maximum absolute atomic E-state index is 11.7. The quantitative estimate of drug-likeness (QED) is 0.461. The molecule has 0 aliphatic rings. The Morgan fingerprint density at radius 3 is 2.56 bits per heavy atom. The van der Waals surface area contributed by atoms with Crippen molar-refractivity contribution in [3.8, 4) is 5.75 Å². The van der Waals surface area contributed by atoms with Gasteiger partial charge in [-0.15, -0.1) is 0 Å². The number of aryl methyl sites for hydroxylation is 2. The van der Waals surface area contributed by atoms with Gasteiger partial charge >= 0.3 is 5.69 Å². The van der Waals surface area contributed by atoms with Crippen LogP contribution in [0.2, 0.25) is 0 Å². The monoisotopic (exact) mass is 220 g/mol. The summed E-state index contributed by atoms with van der Waals surface area (Å²) in [6.45, 7) is 0. The van der Waals surface area contributed by atoms with Crippen molar-refractivity contribution in [3.63, 3.8) is 0 Å². The topological polar surface area (TPSA) is 97.0 Å². The molecule has 0 aliphatic heterocycles. The predicted octanol–water partition coefficient (Wildman–Crippen LogP) is -0.133. The number of nitrogens with two attached hydrogens (primary N) is 1. The van der Waals surface area contributed by atoms with Gasteiger partial charge in [0, 0.05) is 14.1 Å². The Balaban J connectivity index is 3.01. The van der Waals surface area contributed by atoms with Gasteiger partial charge in [0.15, 0.2) is 5.75 Å². The summed E-state index contributed by atoms with van der Waals surface area (Å²) >= 11 is 0. The summed E-state index contributed by atoms with van der Waals surface area (Å²) in [5, 5.41) is 17.3. The fourth-order valence-corrected chi connectivity index (χ4v) is 1.81. The average Bonchev–Trinajstić information content (AvgIpc) is 2.44. The number of aromatic hydroxyl groups is 1. The number of phenols is 1. The van der Waals surface area contributed by atoms with Gasteiger partial charge in [0.1, 0.15) is 11.4 Å². The maximum atomic E-state index is 11.7. The van der Waals surface area contributed by atoms with Crippen molar-refractivity contribution in [1.29, 1.82) is 5.41 Å². The lowest BCUT2D eigenvalue weighted by Gasteiger charge is -2.04. The van der Waals surface area contributed by atoms with E-state index in [9.17, 15) is 9.90 Å². The first-order valence-corrected chi connectivity index (χ1v) is 4.67. The number of fused-ring (bicyclic) bond motifs is 1. The first kappa shape index (κ1) is 10.3. The molecule has 0 bridgehead atoms. The van der Waals surface area contributed by atoms with Gasteiger partial charge in [0.05, 0.1) is 11.1 Å². The van der Waals surface area contributed by atoms with Crippen LogP contribution in [0.4, 0.5) is 0 Å². The second-order valence-electron chi connectivity index (χ2n) is 3.64. The molecule has 0 radical (unpaired) electrons. The molecule has 6 nitrogen and oxygen atoms in total. The van der Waals surface area contributed by atoms with Crippen LogP contribution in [0.15, 0.2) is 16.9 Å². The molecule has 2 aromatic rings. The SMILES string of the molecule is Cn1c(=O)n(C)c2c(O)c(C(=N)N)ccc21. The number of phenolic OH excluding ortho intramolecular Hbond substituents is 1. The van der Waals surface area contributed by atoms with Gasteiger partial charge in [-0.1, -0.05) is 0 Å². The van der Waals surface area contributed by atoms with E-state index in [0.29, 0.717) is 11.0 Å². The van der Waals surface area contributed by atoms with Gasteiger partial charge < -0.3 is 10.8 Å². The van der Waals surface area contributed by atoms with Crippen LogP contribution in [0.1, 0.15) is 5.56 Å². The summed E-state index contributed by atoms with van der Waals surface area (Å²) in [5.74, 6) is -0.360. The smallest absolute Gasteiger partial charge is 0.328 e. The van der Waals surface area contributed by atoms with Crippen LogP contribution in [0.5, 0.6) is 5.75 Å². The maximum Gasteiger partial charge on any atom is 0.328 e. The van der Waals surface area contributed by atoms with Crippen LogP contribution in [-0.4, -0.2) is 20.1 Å². The normalized spacial score (nSPS) is 10.9. The van der Waals surface area contributed by atoms with Crippen molar-refractivity contribution < 1.29 is 5.11 Å². The highest BCUT2D eigenvalue weighted by atomic mass is 16.3. The highest BCUT2D eigenvalue weighted by Crippen LogP contribution is 2.26. The number of imidazole rings is 1. The van der Waals surface area contributed by atoms with Crippen molar-refractivity contribution in [2.45, 2.75) is 0 Å². The summed E-state index contributed by atoms with van der Waals surface area (Å²) < 4.78 is 2.76. The highest BCUT2D eigenvalue weighted by molar-refractivity contribution is 6.02. The molecule has 1 aromatic heterocycles. The number of nitrogens with one attached hydrogen (secondary N) is 1. The van der Waals surface area contributed by atoms with E-state index < -0.39 is 0 Å². The molecule has 0 unspecified atom stereocenters. The Hall–Kier alpha value is -2.24. The number of nitrogens with zero attached hydrogens (tertiary/aromatic N) is 2. The lowest BCUT2D eigenvalue weighted by atomic mass is 10.1. The molecule has 4 N–H and O–H groups in total. The molecule has 1 heterocycles. The average molecular weight is 220 g/mol. The first-order chi connectivity index (χ1) is 7.45. The number of amidine groups is 1.